The van der Waals surface area contributed by atoms with Gasteiger partial charge in [-0.3, -0.25) is 4.99 Å². The first-order chi connectivity index (χ1) is 18.3. The van der Waals surface area contributed by atoms with Gasteiger partial charge in [0, 0.05) is 41.5 Å². The summed E-state index contributed by atoms with van der Waals surface area (Å²) in [5, 5.41) is 19.4. The molecule has 38 heavy (non-hydrogen) atoms. The van der Waals surface area contributed by atoms with E-state index in [1.54, 1.807) is 13.2 Å². The largest absolute Gasteiger partial charge is 0.496 e. The predicted molar refractivity (Wildman–Crippen MR) is 161 cm³/mol. The van der Waals surface area contributed by atoms with E-state index in [1.165, 1.54) is 18.4 Å². The molecule has 1 saturated heterocycles. The van der Waals surface area contributed by atoms with Crippen LogP contribution in [0.4, 0.5) is 22.7 Å². The number of hydrogen-bond acceptors (Lipinski definition) is 9. The third-order valence-corrected chi connectivity index (χ3v) is 9.67. The number of anilines is 3. The van der Waals surface area contributed by atoms with Crippen molar-refractivity contribution in [2.75, 3.05) is 42.6 Å². The molecule has 0 radical (unpaired) electrons. The lowest BCUT2D eigenvalue weighted by Gasteiger charge is -2.31. The Morgan fingerprint density at radius 3 is 2.45 bits per heavy atom. The number of piperidine rings is 1. The fraction of sp³-hybridized carbons (Fsp3) is 0.370. The van der Waals surface area contributed by atoms with E-state index in [0.717, 1.165) is 47.7 Å². The first kappa shape index (κ1) is 28.5. The zero-order valence-electron chi connectivity index (χ0n) is 22.0. The van der Waals surface area contributed by atoms with Crippen LogP contribution in [0, 0.1) is 6.92 Å². The molecule has 2 unspecified atom stereocenters. The van der Waals surface area contributed by atoms with Crippen LogP contribution in [0.5, 0.6) is 11.5 Å². The molecule has 0 saturated carbocycles. The average molecular weight is 577 g/mol. The van der Waals surface area contributed by atoms with Crippen LogP contribution < -0.4 is 30.1 Å². The maximum absolute atomic E-state index is 11.2. The van der Waals surface area contributed by atoms with Crippen molar-refractivity contribution < 1.29 is 19.5 Å². The Bertz CT molecular complexity index is 1240. The van der Waals surface area contributed by atoms with E-state index in [-0.39, 0.29) is 12.1 Å². The monoisotopic (exact) mass is 576 g/mol. The zero-order chi connectivity index (χ0) is 27.4. The van der Waals surface area contributed by atoms with Crippen LogP contribution in [0.25, 0.3) is 0 Å². The third-order valence-electron chi connectivity index (χ3n) is 6.73. The Balaban J connectivity index is 1.50. The topological polar surface area (TPSA) is 98.6 Å². The minimum Gasteiger partial charge on any atom is -0.496 e. The number of rotatable bonds is 10. The number of aliphatic hydroxyl groups is 1. The molecule has 3 aromatic rings. The van der Waals surface area contributed by atoms with E-state index >= 15 is 0 Å². The molecule has 8 nitrogen and oxygen atoms in total. The van der Waals surface area contributed by atoms with E-state index in [4.69, 9.17) is 21.1 Å². The molecule has 2 heterocycles. The molecule has 0 spiro atoms. The van der Waals surface area contributed by atoms with Crippen molar-refractivity contribution in [1.82, 2.24) is 0 Å². The van der Waals surface area contributed by atoms with Crippen molar-refractivity contribution in [3.8, 4) is 11.5 Å². The summed E-state index contributed by atoms with van der Waals surface area (Å²) in [6.45, 7) is 9.43. The highest BCUT2D eigenvalue weighted by molar-refractivity contribution is 7.62. The van der Waals surface area contributed by atoms with E-state index in [9.17, 15) is 10.00 Å². The van der Waals surface area contributed by atoms with Crippen molar-refractivity contribution in [3.05, 3.63) is 51.2 Å². The number of ether oxygens (including phenoxy) is 2. The molecule has 1 aliphatic heterocycles. The quantitative estimate of drug-likeness (QED) is 0.168. The van der Waals surface area contributed by atoms with E-state index in [0.29, 0.717) is 33.2 Å². The summed E-state index contributed by atoms with van der Waals surface area (Å²) < 4.78 is 10.8. The highest BCUT2D eigenvalue weighted by atomic mass is 35.5. The van der Waals surface area contributed by atoms with Gasteiger partial charge >= 0.3 is 0 Å². The van der Waals surface area contributed by atoms with Gasteiger partial charge in [0.1, 0.15) is 16.5 Å². The van der Waals surface area contributed by atoms with Crippen molar-refractivity contribution in [2.24, 2.45) is 4.99 Å². The van der Waals surface area contributed by atoms with Crippen LogP contribution in [-0.4, -0.2) is 50.1 Å². The van der Waals surface area contributed by atoms with Gasteiger partial charge in [-0.1, -0.05) is 11.6 Å². The second kappa shape index (κ2) is 12.5. The number of halogens is 1. The van der Waals surface area contributed by atoms with Crippen molar-refractivity contribution in [3.63, 3.8) is 0 Å². The Labute approximate surface area is 234 Å². The minimum absolute atomic E-state index is 0.0594. The van der Waals surface area contributed by atoms with Gasteiger partial charge in [-0.2, -0.15) is 0 Å². The fourth-order valence-corrected chi connectivity index (χ4v) is 7.47. The summed E-state index contributed by atoms with van der Waals surface area (Å²) in [5.41, 5.74) is 4.11. The highest BCUT2D eigenvalue weighted by Crippen LogP contribution is 2.47. The molecule has 0 bridgehead atoms. The lowest BCUT2D eigenvalue weighted by molar-refractivity contribution is 0.145. The molecule has 4 rings (SSSR count). The summed E-state index contributed by atoms with van der Waals surface area (Å²) in [6, 6.07) is 9.99. The number of nitrogens with one attached hydrogen (secondary N) is 2. The number of benzene rings is 2. The maximum Gasteiger partial charge on any atom is 0.164 e. The Kier molecular flexibility index (Phi) is 9.39. The lowest BCUT2D eigenvalue weighted by Crippen LogP contribution is -2.35. The summed E-state index contributed by atoms with van der Waals surface area (Å²) in [6.07, 6.45) is 1.41. The molecule has 0 aliphatic carbocycles. The van der Waals surface area contributed by atoms with Crippen molar-refractivity contribution in [1.29, 1.82) is 0 Å². The molecule has 1 fully saturated rings. The van der Waals surface area contributed by atoms with Crippen molar-refractivity contribution >= 4 is 66.0 Å². The number of hydrogen-bond donors (Lipinski definition) is 4. The molecule has 0 amide bonds. The van der Waals surface area contributed by atoms with Gasteiger partial charge in [-0.15, -0.1) is 11.3 Å². The minimum atomic E-state index is -1.84. The summed E-state index contributed by atoms with van der Waals surface area (Å²) >= 11 is 8.08. The SMILES string of the molecule is C=Nc1c(P(O)Nc2c(C)c(OC)cc(OC)c2Cl)csc1C(C)Nc1ccc(N2CCC(O)CC2)cc1. The van der Waals surface area contributed by atoms with Crippen molar-refractivity contribution in [2.45, 2.75) is 38.8 Å². The average Bonchev–Trinajstić information content (AvgIpc) is 3.37. The Hall–Kier alpha value is -2.55. The Morgan fingerprint density at radius 1 is 1.18 bits per heavy atom. The van der Waals surface area contributed by atoms with Gasteiger partial charge in [-0.05, 0) is 57.7 Å². The molecule has 204 valence electrons. The lowest BCUT2D eigenvalue weighted by atomic mass is 10.1. The van der Waals surface area contributed by atoms with E-state index < -0.39 is 8.30 Å². The number of nitrogens with zero attached hydrogens (tertiary/aromatic N) is 2. The van der Waals surface area contributed by atoms with Crippen LogP contribution in [0.2, 0.25) is 5.02 Å². The summed E-state index contributed by atoms with van der Waals surface area (Å²) in [5.74, 6) is 1.06. The molecular weight excluding hydrogens is 543 g/mol. The first-order valence-corrected chi connectivity index (χ1v) is 14.9. The van der Waals surface area contributed by atoms with Gasteiger partial charge in [0.05, 0.1) is 47.9 Å². The fourth-order valence-electron chi connectivity index (χ4n) is 4.54. The van der Waals surface area contributed by atoms with Gasteiger partial charge in [0.25, 0.3) is 0 Å². The first-order valence-electron chi connectivity index (χ1n) is 12.3. The number of thiophene rings is 1. The summed E-state index contributed by atoms with van der Waals surface area (Å²) in [4.78, 5) is 18.8. The van der Waals surface area contributed by atoms with Crippen LogP contribution in [0.3, 0.4) is 0 Å². The summed E-state index contributed by atoms with van der Waals surface area (Å²) in [7, 11) is 1.27. The molecular formula is C27H34ClN4O4PS. The van der Waals surface area contributed by atoms with E-state index in [2.05, 4.69) is 58.2 Å². The van der Waals surface area contributed by atoms with Gasteiger partial charge in [-0.25, -0.2) is 0 Å². The molecule has 1 aromatic heterocycles. The molecule has 2 aromatic carbocycles. The number of aliphatic hydroxyl groups excluding tert-OH is 1. The van der Waals surface area contributed by atoms with Crippen LogP contribution in [-0.2, 0) is 0 Å². The predicted octanol–water partition coefficient (Wildman–Crippen LogP) is 6.24. The molecule has 4 N–H and O–H groups in total. The molecule has 1 aliphatic rings. The Morgan fingerprint density at radius 2 is 1.84 bits per heavy atom. The number of aliphatic imine (C=N–C) groups is 1. The maximum atomic E-state index is 11.2. The second-order valence-corrected chi connectivity index (χ2v) is 11.8. The van der Waals surface area contributed by atoms with Gasteiger partial charge in [0.15, 0.2) is 8.30 Å². The van der Waals surface area contributed by atoms with Crippen LogP contribution >= 0.6 is 31.2 Å². The standard InChI is InChI=1S/C27H34ClN4O4PS/c1-16-21(35-4)14-22(36-5)24(28)25(16)31-37(34)23-15-38-27(26(23)29-3)17(2)30-18-6-8-19(9-7-18)32-12-10-20(33)11-13-32/h6-9,14-15,17,20,30-31,33-34H,3,10-13H2,1-2,4-5H3. The second-order valence-electron chi connectivity index (χ2n) is 9.14. The smallest absolute Gasteiger partial charge is 0.164 e. The van der Waals surface area contributed by atoms with Gasteiger partial charge in [0.2, 0.25) is 0 Å². The van der Waals surface area contributed by atoms with E-state index in [1.807, 2.05) is 12.3 Å². The van der Waals surface area contributed by atoms with Crippen LogP contribution in [0.15, 0.2) is 40.7 Å². The number of methoxy groups -OCH3 is 2. The molecule has 2 atom stereocenters. The molecule has 11 heteroatoms. The van der Waals surface area contributed by atoms with Crippen LogP contribution in [0.1, 0.15) is 36.2 Å². The highest BCUT2D eigenvalue weighted by Gasteiger charge is 2.25. The third kappa shape index (κ3) is 6.03. The normalized spacial score (nSPS) is 15.6. The zero-order valence-corrected chi connectivity index (χ0v) is 24.5. The van der Waals surface area contributed by atoms with Gasteiger partial charge < -0.3 is 34.8 Å².